The van der Waals surface area contributed by atoms with Crippen LogP contribution in [-0.4, -0.2) is 6.54 Å². The van der Waals surface area contributed by atoms with Crippen LogP contribution in [0.1, 0.15) is 50.7 Å². The van der Waals surface area contributed by atoms with E-state index in [9.17, 15) is 0 Å². The second-order valence-electron chi connectivity index (χ2n) is 5.14. The van der Waals surface area contributed by atoms with Crippen molar-refractivity contribution in [2.75, 3.05) is 6.54 Å². The van der Waals surface area contributed by atoms with Gasteiger partial charge in [-0.1, -0.05) is 61.2 Å². The molecule has 1 unspecified atom stereocenters. The molecule has 0 bridgehead atoms. The van der Waals surface area contributed by atoms with Crippen LogP contribution in [0.4, 0.5) is 0 Å². The smallest absolute Gasteiger partial charge is 0.0222 e. The third kappa shape index (κ3) is 5.53. The molecule has 1 aromatic carbocycles. The minimum atomic E-state index is 0.828. The van der Waals surface area contributed by atoms with E-state index in [1.165, 1.54) is 41.3 Å². The van der Waals surface area contributed by atoms with Gasteiger partial charge in [0.15, 0.2) is 0 Å². The maximum atomic E-state index is 3.63. The fourth-order valence-corrected chi connectivity index (χ4v) is 2.78. The first-order valence-electron chi connectivity index (χ1n) is 7.13. The molecule has 0 aromatic heterocycles. The summed E-state index contributed by atoms with van der Waals surface area (Å²) in [7, 11) is 0. The average Bonchev–Trinajstić information content (AvgIpc) is 2.36. The van der Waals surface area contributed by atoms with E-state index in [1.807, 2.05) is 0 Å². The van der Waals surface area contributed by atoms with Crippen LogP contribution in [0.15, 0.2) is 22.7 Å². The molecule has 1 atom stereocenters. The maximum Gasteiger partial charge on any atom is 0.0222 e. The Kier molecular flexibility index (Phi) is 7.60. The monoisotopic (exact) mass is 311 g/mol. The van der Waals surface area contributed by atoms with Gasteiger partial charge in [-0.2, -0.15) is 0 Å². The third-order valence-electron chi connectivity index (χ3n) is 3.50. The van der Waals surface area contributed by atoms with E-state index in [0.717, 1.165) is 19.0 Å². The Balaban J connectivity index is 2.35. The molecular weight excluding hydrogens is 286 g/mol. The standard InChI is InChI=1S/C16H26BrN/c1-4-6-7-14(5-2)11-18-12-15-9-8-13(3)10-16(15)17/h8-10,14,18H,4-7,11-12H2,1-3H3. The van der Waals surface area contributed by atoms with E-state index in [0.29, 0.717) is 0 Å². The lowest BCUT2D eigenvalue weighted by Crippen LogP contribution is -2.22. The lowest BCUT2D eigenvalue weighted by atomic mass is 9.99. The Labute approximate surface area is 120 Å². The zero-order chi connectivity index (χ0) is 13.4. The van der Waals surface area contributed by atoms with Crippen LogP contribution in [0.2, 0.25) is 0 Å². The van der Waals surface area contributed by atoms with Crippen LogP contribution < -0.4 is 5.32 Å². The lowest BCUT2D eigenvalue weighted by Gasteiger charge is -2.15. The number of aryl methyl sites for hydroxylation is 1. The third-order valence-corrected chi connectivity index (χ3v) is 4.24. The van der Waals surface area contributed by atoms with Gasteiger partial charge in [0, 0.05) is 11.0 Å². The summed E-state index contributed by atoms with van der Waals surface area (Å²) in [6, 6.07) is 6.57. The van der Waals surface area contributed by atoms with Gasteiger partial charge in [-0.05, 0) is 43.0 Å². The van der Waals surface area contributed by atoms with Gasteiger partial charge in [0.05, 0.1) is 0 Å². The highest BCUT2D eigenvalue weighted by molar-refractivity contribution is 9.10. The molecule has 0 aliphatic rings. The van der Waals surface area contributed by atoms with Crippen molar-refractivity contribution >= 4 is 15.9 Å². The fourth-order valence-electron chi connectivity index (χ4n) is 2.15. The zero-order valence-corrected chi connectivity index (χ0v) is 13.5. The number of halogens is 1. The van der Waals surface area contributed by atoms with Crippen LogP contribution >= 0.6 is 15.9 Å². The van der Waals surface area contributed by atoms with Crippen molar-refractivity contribution in [3.8, 4) is 0 Å². The topological polar surface area (TPSA) is 12.0 Å². The zero-order valence-electron chi connectivity index (χ0n) is 11.9. The molecule has 0 amide bonds. The number of unbranched alkanes of at least 4 members (excludes halogenated alkanes) is 1. The Bertz CT molecular complexity index is 349. The molecule has 1 aromatic rings. The van der Waals surface area contributed by atoms with Crippen molar-refractivity contribution in [2.45, 2.75) is 53.0 Å². The molecule has 18 heavy (non-hydrogen) atoms. The summed E-state index contributed by atoms with van der Waals surface area (Å²) < 4.78 is 1.22. The fraction of sp³-hybridized carbons (Fsp3) is 0.625. The highest BCUT2D eigenvalue weighted by atomic mass is 79.9. The summed E-state index contributed by atoms with van der Waals surface area (Å²) in [4.78, 5) is 0. The molecule has 0 saturated carbocycles. The summed E-state index contributed by atoms with van der Waals surface area (Å²) in [5.41, 5.74) is 2.66. The molecule has 0 aliphatic carbocycles. The molecule has 0 spiro atoms. The van der Waals surface area contributed by atoms with Crippen molar-refractivity contribution in [2.24, 2.45) is 5.92 Å². The van der Waals surface area contributed by atoms with Crippen LogP contribution in [0.25, 0.3) is 0 Å². The molecule has 0 aliphatic heterocycles. The number of nitrogens with one attached hydrogen (secondary N) is 1. The normalized spacial score (nSPS) is 12.7. The second-order valence-corrected chi connectivity index (χ2v) is 6.00. The highest BCUT2D eigenvalue weighted by Gasteiger charge is 2.06. The average molecular weight is 312 g/mol. The van der Waals surface area contributed by atoms with Crippen molar-refractivity contribution in [3.05, 3.63) is 33.8 Å². The van der Waals surface area contributed by atoms with E-state index < -0.39 is 0 Å². The van der Waals surface area contributed by atoms with E-state index in [1.54, 1.807) is 0 Å². The predicted molar refractivity (Wildman–Crippen MR) is 83.9 cm³/mol. The van der Waals surface area contributed by atoms with Gasteiger partial charge >= 0.3 is 0 Å². The quantitative estimate of drug-likeness (QED) is 0.707. The van der Waals surface area contributed by atoms with Gasteiger partial charge in [0.25, 0.3) is 0 Å². The van der Waals surface area contributed by atoms with Gasteiger partial charge < -0.3 is 5.32 Å². The molecule has 2 heteroatoms. The first-order valence-corrected chi connectivity index (χ1v) is 7.92. The molecule has 1 rings (SSSR count). The van der Waals surface area contributed by atoms with Gasteiger partial charge in [-0.25, -0.2) is 0 Å². The van der Waals surface area contributed by atoms with Crippen LogP contribution in [0.3, 0.4) is 0 Å². The van der Waals surface area contributed by atoms with Crippen LogP contribution in [-0.2, 0) is 6.54 Å². The summed E-state index contributed by atoms with van der Waals surface area (Å²) in [6.07, 6.45) is 5.30. The van der Waals surface area contributed by atoms with Crippen LogP contribution in [0, 0.1) is 12.8 Å². The predicted octanol–water partition coefficient (Wildman–Crippen LogP) is 5.06. The molecule has 0 heterocycles. The van der Waals surface area contributed by atoms with Gasteiger partial charge in [-0.3, -0.25) is 0 Å². The first kappa shape index (κ1) is 15.7. The van der Waals surface area contributed by atoms with Gasteiger partial charge in [0.1, 0.15) is 0 Å². The highest BCUT2D eigenvalue weighted by Crippen LogP contribution is 2.18. The molecule has 0 radical (unpaired) electrons. The number of hydrogen-bond acceptors (Lipinski definition) is 1. The minimum Gasteiger partial charge on any atom is -0.312 e. The minimum absolute atomic E-state index is 0.828. The molecule has 1 N–H and O–H groups in total. The molecule has 0 saturated heterocycles. The summed E-state index contributed by atoms with van der Waals surface area (Å²) in [6.45, 7) is 8.79. The summed E-state index contributed by atoms with van der Waals surface area (Å²) >= 11 is 3.63. The van der Waals surface area contributed by atoms with E-state index >= 15 is 0 Å². The Hall–Kier alpha value is -0.340. The van der Waals surface area contributed by atoms with E-state index in [4.69, 9.17) is 0 Å². The van der Waals surface area contributed by atoms with Crippen molar-refractivity contribution < 1.29 is 0 Å². The summed E-state index contributed by atoms with van der Waals surface area (Å²) in [5, 5.41) is 3.59. The Morgan fingerprint density at radius 3 is 2.67 bits per heavy atom. The second kappa shape index (κ2) is 8.71. The molecular formula is C16H26BrN. The maximum absolute atomic E-state index is 3.63. The van der Waals surface area contributed by atoms with Crippen LogP contribution in [0.5, 0.6) is 0 Å². The SMILES string of the molecule is CCCCC(CC)CNCc1ccc(C)cc1Br. The number of rotatable bonds is 8. The van der Waals surface area contributed by atoms with Gasteiger partial charge in [-0.15, -0.1) is 0 Å². The molecule has 1 nitrogen and oxygen atoms in total. The first-order chi connectivity index (χ1) is 8.67. The Morgan fingerprint density at radius 2 is 2.06 bits per heavy atom. The number of benzene rings is 1. The lowest BCUT2D eigenvalue weighted by molar-refractivity contribution is 0.419. The van der Waals surface area contributed by atoms with Crippen molar-refractivity contribution in [3.63, 3.8) is 0 Å². The Morgan fingerprint density at radius 1 is 1.28 bits per heavy atom. The summed E-state index contributed by atoms with van der Waals surface area (Å²) in [5.74, 6) is 0.828. The van der Waals surface area contributed by atoms with E-state index in [-0.39, 0.29) is 0 Å². The van der Waals surface area contributed by atoms with Crippen molar-refractivity contribution in [1.29, 1.82) is 0 Å². The van der Waals surface area contributed by atoms with Crippen molar-refractivity contribution in [1.82, 2.24) is 5.32 Å². The number of hydrogen-bond donors (Lipinski definition) is 1. The van der Waals surface area contributed by atoms with Gasteiger partial charge in [0.2, 0.25) is 0 Å². The molecule has 0 fully saturated rings. The largest absolute Gasteiger partial charge is 0.312 e. The van der Waals surface area contributed by atoms with E-state index in [2.05, 4.69) is 60.2 Å². The molecule has 102 valence electrons.